The molecule has 0 bridgehead atoms. The number of aliphatic hydroxyl groups is 1. The molecule has 0 aliphatic rings. The summed E-state index contributed by atoms with van der Waals surface area (Å²) in [6, 6.07) is 6.09. The van der Waals surface area contributed by atoms with Crippen LogP contribution in [0.5, 0.6) is 0 Å². The third kappa shape index (κ3) is 2.78. The molecule has 0 aliphatic heterocycles. The molecule has 0 radical (unpaired) electrons. The standard InChI is InChI=1S/C14H21ClO/c1-13(2,3)11-7-6-10(8-12(11)15)14(4,5)9-16/h6-8,16H,9H2,1-5H3. The molecule has 1 N–H and O–H groups in total. The van der Waals surface area contributed by atoms with Gasteiger partial charge in [0.2, 0.25) is 0 Å². The molecule has 0 unspecified atom stereocenters. The lowest BCUT2D eigenvalue weighted by atomic mass is 9.81. The largest absolute Gasteiger partial charge is 0.395 e. The minimum Gasteiger partial charge on any atom is -0.395 e. The zero-order valence-electron chi connectivity index (χ0n) is 10.8. The van der Waals surface area contributed by atoms with E-state index < -0.39 is 0 Å². The monoisotopic (exact) mass is 240 g/mol. The zero-order chi connectivity index (χ0) is 12.6. The molecule has 16 heavy (non-hydrogen) atoms. The van der Waals surface area contributed by atoms with Crippen LogP contribution in [0.4, 0.5) is 0 Å². The van der Waals surface area contributed by atoms with Crippen molar-refractivity contribution in [1.29, 1.82) is 0 Å². The Morgan fingerprint density at radius 2 is 1.69 bits per heavy atom. The number of halogens is 1. The maximum absolute atomic E-state index is 9.32. The van der Waals surface area contributed by atoms with E-state index >= 15 is 0 Å². The SMILES string of the molecule is CC(C)(C)c1ccc(C(C)(C)CO)cc1Cl. The van der Waals surface area contributed by atoms with E-state index in [9.17, 15) is 5.11 Å². The molecule has 0 atom stereocenters. The first-order valence-corrected chi connectivity index (χ1v) is 5.97. The van der Waals surface area contributed by atoms with Gasteiger partial charge in [-0.25, -0.2) is 0 Å². The van der Waals surface area contributed by atoms with Crippen LogP contribution in [-0.2, 0) is 10.8 Å². The summed E-state index contributed by atoms with van der Waals surface area (Å²) in [6.45, 7) is 10.6. The molecular weight excluding hydrogens is 220 g/mol. The predicted octanol–water partition coefficient (Wildman–Crippen LogP) is 3.91. The van der Waals surface area contributed by atoms with Crippen molar-refractivity contribution in [3.05, 3.63) is 34.3 Å². The Bertz CT molecular complexity index is 375. The van der Waals surface area contributed by atoms with E-state index in [1.165, 1.54) is 0 Å². The van der Waals surface area contributed by atoms with Crippen LogP contribution in [0, 0.1) is 0 Å². The summed E-state index contributed by atoms with van der Waals surface area (Å²) < 4.78 is 0. The van der Waals surface area contributed by atoms with Gasteiger partial charge in [-0.3, -0.25) is 0 Å². The molecule has 0 spiro atoms. The molecule has 0 saturated heterocycles. The first-order chi connectivity index (χ1) is 7.18. The topological polar surface area (TPSA) is 20.2 Å². The van der Waals surface area contributed by atoms with Crippen LogP contribution >= 0.6 is 11.6 Å². The lowest BCUT2D eigenvalue weighted by molar-refractivity contribution is 0.218. The Hall–Kier alpha value is -0.530. The first-order valence-electron chi connectivity index (χ1n) is 5.60. The van der Waals surface area contributed by atoms with Crippen LogP contribution in [0.2, 0.25) is 5.02 Å². The maximum Gasteiger partial charge on any atom is 0.0522 e. The number of hydrogen-bond acceptors (Lipinski definition) is 1. The summed E-state index contributed by atoms with van der Waals surface area (Å²) in [5.41, 5.74) is 2.04. The van der Waals surface area contributed by atoms with Crippen molar-refractivity contribution >= 4 is 11.6 Å². The van der Waals surface area contributed by atoms with E-state index in [1.54, 1.807) is 0 Å². The van der Waals surface area contributed by atoms with Gasteiger partial charge in [0, 0.05) is 10.4 Å². The molecule has 1 rings (SSSR count). The molecular formula is C14H21ClO. The summed E-state index contributed by atoms with van der Waals surface area (Å²) in [6.07, 6.45) is 0. The van der Waals surface area contributed by atoms with Gasteiger partial charge in [0.05, 0.1) is 6.61 Å². The quantitative estimate of drug-likeness (QED) is 0.831. The van der Waals surface area contributed by atoms with Crippen LogP contribution in [0.15, 0.2) is 18.2 Å². The third-order valence-corrected chi connectivity index (χ3v) is 3.27. The highest BCUT2D eigenvalue weighted by Crippen LogP contribution is 2.33. The van der Waals surface area contributed by atoms with Gasteiger partial charge >= 0.3 is 0 Å². The molecule has 0 fully saturated rings. The van der Waals surface area contributed by atoms with E-state index in [0.29, 0.717) is 0 Å². The fourth-order valence-electron chi connectivity index (χ4n) is 1.64. The molecule has 0 heterocycles. The minimum atomic E-state index is -0.236. The lowest BCUT2D eigenvalue weighted by Gasteiger charge is -2.26. The molecule has 90 valence electrons. The normalized spacial score (nSPS) is 12.9. The summed E-state index contributed by atoms with van der Waals surface area (Å²) in [5, 5.41) is 10.1. The third-order valence-electron chi connectivity index (χ3n) is 2.95. The molecule has 0 aromatic heterocycles. The van der Waals surface area contributed by atoms with Gasteiger partial charge in [-0.15, -0.1) is 0 Å². The molecule has 2 heteroatoms. The van der Waals surface area contributed by atoms with Crippen LogP contribution in [0.3, 0.4) is 0 Å². The fourth-order valence-corrected chi connectivity index (χ4v) is 2.10. The van der Waals surface area contributed by atoms with Gasteiger partial charge in [-0.05, 0) is 22.6 Å². The average Bonchev–Trinajstić information content (AvgIpc) is 2.15. The Morgan fingerprint density at radius 3 is 2.06 bits per heavy atom. The molecule has 1 aromatic carbocycles. The van der Waals surface area contributed by atoms with Gasteiger partial charge in [-0.1, -0.05) is 58.4 Å². The van der Waals surface area contributed by atoms with Gasteiger partial charge in [0.25, 0.3) is 0 Å². The second kappa shape index (κ2) is 4.38. The fraction of sp³-hybridized carbons (Fsp3) is 0.571. The van der Waals surface area contributed by atoms with Gasteiger partial charge < -0.3 is 5.11 Å². The van der Waals surface area contributed by atoms with E-state index in [1.807, 2.05) is 19.9 Å². The molecule has 0 amide bonds. The van der Waals surface area contributed by atoms with Crippen molar-refractivity contribution in [2.24, 2.45) is 0 Å². The zero-order valence-corrected chi connectivity index (χ0v) is 11.5. The predicted molar refractivity (Wildman–Crippen MR) is 70.3 cm³/mol. The number of rotatable bonds is 2. The second-order valence-corrected chi connectivity index (χ2v) is 6.39. The highest BCUT2D eigenvalue weighted by atomic mass is 35.5. The van der Waals surface area contributed by atoms with Gasteiger partial charge in [0.1, 0.15) is 0 Å². The van der Waals surface area contributed by atoms with Crippen LogP contribution in [-0.4, -0.2) is 11.7 Å². The Kier molecular flexibility index (Phi) is 3.71. The Labute approximate surface area is 103 Å². The van der Waals surface area contributed by atoms with Crippen molar-refractivity contribution in [2.75, 3.05) is 6.61 Å². The minimum absolute atomic E-state index is 0.0545. The summed E-state index contributed by atoms with van der Waals surface area (Å²) in [7, 11) is 0. The lowest BCUT2D eigenvalue weighted by Crippen LogP contribution is -2.22. The van der Waals surface area contributed by atoms with E-state index in [-0.39, 0.29) is 17.4 Å². The van der Waals surface area contributed by atoms with Crippen molar-refractivity contribution in [2.45, 2.75) is 45.4 Å². The van der Waals surface area contributed by atoms with Crippen molar-refractivity contribution < 1.29 is 5.11 Å². The Morgan fingerprint density at radius 1 is 1.12 bits per heavy atom. The van der Waals surface area contributed by atoms with Crippen molar-refractivity contribution in [3.63, 3.8) is 0 Å². The van der Waals surface area contributed by atoms with Gasteiger partial charge in [0.15, 0.2) is 0 Å². The average molecular weight is 241 g/mol. The first kappa shape index (κ1) is 13.5. The number of aliphatic hydroxyl groups excluding tert-OH is 1. The summed E-state index contributed by atoms with van der Waals surface area (Å²) in [5.74, 6) is 0. The molecule has 1 aromatic rings. The van der Waals surface area contributed by atoms with E-state index in [4.69, 9.17) is 11.6 Å². The van der Waals surface area contributed by atoms with Crippen LogP contribution in [0.1, 0.15) is 45.7 Å². The van der Waals surface area contributed by atoms with E-state index in [0.717, 1.165) is 16.1 Å². The number of benzene rings is 1. The van der Waals surface area contributed by atoms with Crippen LogP contribution in [0.25, 0.3) is 0 Å². The highest BCUT2D eigenvalue weighted by molar-refractivity contribution is 6.31. The van der Waals surface area contributed by atoms with Gasteiger partial charge in [-0.2, -0.15) is 0 Å². The molecule has 0 saturated carbocycles. The maximum atomic E-state index is 9.32. The Balaban J connectivity index is 3.20. The van der Waals surface area contributed by atoms with Crippen LogP contribution < -0.4 is 0 Å². The summed E-state index contributed by atoms with van der Waals surface area (Å²) >= 11 is 6.30. The summed E-state index contributed by atoms with van der Waals surface area (Å²) in [4.78, 5) is 0. The number of hydrogen-bond donors (Lipinski definition) is 1. The molecule has 0 aliphatic carbocycles. The van der Waals surface area contributed by atoms with Crippen molar-refractivity contribution in [3.8, 4) is 0 Å². The smallest absolute Gasteiger partial charge is 0.0522 e. The second-order valence-electron chi connectivity index (χ2n) is 5.99. The highest BCUT2D eigenvalue weighted by Gasteiger charge is 2.23. The van der Waals surface area contributed by atoms with Crippen molar-refractivity contribution in [1.82, 2.24) is 0 Å². The molecule has 1 nitrogen and oxygen atoms in total. The van der Waals surface area contributed by atoms with E-state index in [2.05, 4.69) is 32.9 Å².